The molecule has 2 rings (SSSR count). The van der Waals surface area contributed by atoms with Gasteiger partial charge >= 0.3 is 5.97 Å². The second kappa shape index (κ2) is 11.8. The standard InChI is InChI=1S/C22H23N3O6/c1-15(23-19(26)13-10-16-8-11-18(30-2)12-9-16)22(29)31-14-20(27)24-25-21(28)17-6-4-3-5-7-17/h3-13,15H,14H2,1-2H3,(H,23,26)(H,24,27)(H,25,28)/b13-10+/t15-/m1/s1. The fourth-order valence-corrected chi connectivity index (χ4v) is 2.29. The van der Waals surface area contributed by atoms with Gasteiger partial charge in [-0.3, -0.25) is 25.2 Å². The molecule has 0 saturated heterocycles. The number of ether oxygens (including phenoxy) is 2. The molecule has 0 aliphatic rings. The lowest BCUT2D eigenvalue weighted by Gasteiger charge is -2.12. The van der Waals surface area contributed by atoms with Gasteiger partial charge in [-0.1, -0.05) is 30.3 Å². The van der Waals surface area contributed by atoms with Crippen molar-refractivity contribution in [2.75, 3.05) is 13.7 Å². The first-order chi connectivity index (χ1) is 14.9. The zero-order valence-corrected chi connectivity index (χ0v) is 17.1. The number of carbonyl (C=O) groups excluding carboxylic acids is 4. The first-order valence-electron chi connectivity index (χ1n) is 9.32. The van der Waals surface area contributed by atoms with E-state index in [9.17, 15) is 19.2 Å². The van der Waals surface area contributed by atoms with E-state index in [0.717, 1.165) is 5.56 Å². The number of methoxy groups -OCH3 is 1. The third kappa shape index (κ3) is 8.01. The molecule has 0 bridgehead atoms. The van der Waals surface area contributed by atoms with E-state index in [2.05, 4.69) is 16.2 Å². The van der Waals surface area contributed by atoms with E-state index >= 15 is 0 Å². The summed E-state index contributed by atoms with van der Waals surface area (Å²) in [5.74, 6) is -1.84. The highest BCUT2D eigenvalue weighted by molar-refractivity contribution is 5.96. The van der Waals surface area contributed by atoms with E-state index < -0.39 is 36.3 Å². The molecule has 3 N–H and O–H groups in total. The minimum absolute atomic E-state index is 0.360. The van der Waals surface area contributed by atoms with Gasteiger partial charge in [0.05, 0.1) is 7.11 Å². The maximum atomic E-state index is 11.9. The Morgan fingerprint density at radius 2 is 1.65 bits per heavy atom. The smallest absolute Gasteiger partial charge is 0.328 e. The number of rotatable bonds is 8. The molecule has 9 heteroatoms. The van der Waals surface area contributed by atoms with Gasteiger partial charge in [0.1, 0.15) is 11.8 Å². The van der Waals surface area contributed by atoms with Crippen molar-refractivity contribution in [1.29, 1.82) is 0 Å². The first-order valence-corrected chi connectivity index (χ1v) is 9.32. The Bertz CT molecular complexity index is 941. The van der Waals surface area contributed by atoms with Crippen LogP contribution in [0.4, 0.5) is 0 Å². The van der Waals surface area contributed by atoms with E-state index in [1.807, 2.05) is 0 Å². The van der Waals surface area contributed by atoms with E-state index in [0.29, 0.717) is 11.3 Å². The van der Waals surface area contributed by atoms with Gasteiger partial charge < -0.3 is 14.8 Å². The van der Waals surface area contributed by atoms with Gasteiger partial charge in [-0.05, 0) is 42.8 Å². The lowest BCUT2D eigenvalue weighted by Crippen LogP contribution is -2.45. The Labute approximate surface area is 179 Å². The summed E-state index contributed by atoms with van der Waals surface area (Å²) in [6, 6.07) is 14.4. The monoisotopic (exact) mass is 425 g/mol. The van der Waals surface area contributed by atoms with Crippen LogP contribution in [0.25, 0.3) is 6.08 Å². The highest BCUT2D eigenvalue weighted by atomic mass is 16.5. The molecule has 0 saturated carbocycles. The number of hydrazine groups is 1. The Kier molecular flexibility index (Phi) is 8.78. The van der Waals surface area contributed by atoms with Crippen molar-refractivity contribution in [2.45, 2.75) is 13.0 Å². The SMILES string of the molecule is COc1ccc(/C=C/C(=O)N[C@H](C)C(=O)OCC(=O)NNC(=O)c2ccccc2)cc1. The Morgan fingerprint density at radius 3 is 2.29 bits per heavy atom. The van der Waals surface area contributed by atoms with E-state index in [1.54, 1.807) is 67.8 Å². The summed E-state index contributed by atoms with van der Waals surface area (Å²) in [5.41, 5.74) is 5.48. The van der Waals surface area contributed by atoms with Crippen LogP contribution in [0.2, 0.25) is 0 Å². The number of esters is 1. The third-order valence-electron chi connectivity index (χ3n) is 3.95. The molecule has 3 amide bonds. The molecular weight excluding hydrogens is 402 g/mol. The predicted molar refractivity (Wildman–Crippen MR) is 113 cm³/mol. The van der Waals surface area contributed by atoms with Gasteiger partial charge in [-0.25, -0.2) is 4.79 Å². The number of hydrogen-bond donors (Lipinski definition) is 3. The quantitative estimate of drug-likeness (QED) is 0.332. The predicted octanol–water partition coefficient (Wildman–Crippen LogP) is 1.22. The van der Waals surface area contributed by atoms with Crippen LogP contribution in [0, 0.1) is 0 Å². The van der Waals surface area contributed by atoms with E-state index in [-0.39, 0.29) is 0 Å². The van der Waals surface area contributed by atoms with Crippen LogP contribution in [0.15, 0.2) is 60.7 Å². The Morgan fingerprint density at radius 1 is 0.968 bits per heavy atom. The average molecular weight is 425 g/mol. The first kappa shape index (κ1) is 23.1. The number of carbonyl (C=O) groups is 4. The molecule has 0 radical (unpaired) electrons. The lowest BCUT2D eigenvalue weighted by molar-refractivity contribution is -0.151. The molecule has 0 spiro atoms. The highest BCUT2D eigenvalue weighted by Crippen LogP contribution is 2.12. The molecule has 0 unspecified atom stereocenters. The fourth-order valence-electron chi connectivity index (χ4n) is 2.29. The summed E-state index contributed by atoms with van der Waals surface area (Å²) >= 11 is 0. The molecule has 0 fully saturated rings. The summed E-state index contributed by atoms with van der Waals surface area (Å²) in [7, 11) is 1.56. The van der Waals surface area contributed by atoms with E-state index in [1.165, 1.54) is 13.0 Å². The van der Waals surface area contributed by atoms with Crippen molar-refractivity contribution in [3.8, 4) is 5.75 Å². The lowest BCUT2D eigenvalue weighted by atomic mass is 10.2. The molecule has 0 aliphatic heterocycles. The van der Waals surface area contributed by atoms with Crippen LogP contribution in [0.3, 0.4) is 0 Å². The van der Waals surface area contributed by atoms with Crippen molar-refractivity contribution in [1.82, 2.24) is 16.2 Å². The van der Waals surface area contributed by atoms with Gasteiger partial charge in [0.25, 0.3) is 11.8 Å². The molecule has 0 heterocycles. The minimum atomic E-state index is -0.972. The van der Waals surface area contributed by atoms with Gasteiger partial charge in [0.2, 0.25) is 5.91 Å². The molecule has 0 aromatic heterocycles. The summed E-state index contributed by atoms with van der Waals surface area (Å²) < 4.78 is 9.89. The van der Waals surface area contributed by atoms with Crippen LogP contribution < -0.4 is 20.9 Å². The van der Waals surface area contributed by atoms with Gasteiger partial charge in [0, 0.05) is 11.6 Å². The molecule has 31 heavy (non-hydrogen) atoms. The maximum absolute atomic E-state index is 11.9. The highest BCUT2D eigenvalue weighted by Gasteiger charge is 2.17. The normalized spacial score (nSPS) is 11.3. The number of hydrogen-bond acceptors (Lipinski definition) is 6. The summed E-state index contributed by atoms with van der Waals surface area (Å²) in [6.07, 6.45) is 2.85. The molecule has 2 aromatic rings. The van der Waals surface area contributed by atoms with Crippen LogP contribution in [-0.2, 0) is 19.1 Å². The van der Waals surface area contributed by atoms with Crippen LogP contribution >= 0.6 is 0 Å². The number of amides is 3. The second-order valence-corrected chi connectivity index (χ2v) is 6.31. The van der Waals surface area contributed by atoms with Crippen molar-refractivity contribution in [3.05, 3.63) is 71.8 Å². The number of nitrogens with one attached hydrogen (secondary N) is 3. The largest absolute Gasteiger partial charge is 0.497 e. The number of benzene rings is 2. The zero-order chi connectivity index (χ0) is 22.6. The average Bonchev–Trinajstić information content (AvgIpc) is 2.80. The summed E-state index contributed by atoms with van der Waals surface area (Å²) in [4.78, 5) is 47.4. The van der Waals surface area contributed by atoms with Crippen LogP contribution in [0.1, 0.15) is 22.8 Å². The van der Waals surface area contributed by atoms with Crippen molar-refractivity contribution >= 4 is 29.8 Å². The molecular formula is C22H23N3O6. The van der Waals surface area contributed by atoms with Crippen molar-refractivity contribution in [3.63, 3.8) is 0 Å². The van der Waals surface area contributed by atoms with Crippen molar-refractivity contribution < 1.29 is 28.7 Å². The summed E-state index contributed by atoms with van der Waals surface area (Å²) in [5, 5.41) is 2.44. The Hall–Kier alpha value is -4.14. The third-order valence-corrected chi connectivity index (χ3v) is 3.95. The van der Waals surface area contributed by atoms with E-state index in [4.69, 9.17) is 9.47 Å². The molecule has 0 aliphatic carbocycles. The zero-order valence-electron chi connectivity index (χ0n) is 17.1. The second-order valence-electron chi connectivity index (χ2n) is 6.31. The molecule has 1 atom stereocenters. The maximum Gasteiger partial charge on any atom is 0.328 e. The van der Waals surface area contributed by atoms with Gasteiger partial charge in [-0.2, -0.15) is 0 Å². The topological polar surface area (TPSA) is 123 Å². The molecule has 162 valence electrons. The fraction of sp³-hybridized carbons (Fsp3) is 0.182. The van der Waals surface area contributed by atoms with Crippen LogP contribution in [0.5, 0.6) is 5.75 Å². The Balaban J connectivity index is 1.70. The van der Waals surface area contributed by atoms with Crippen LogP contribution in [-0.4, -0.2) is 43.4 Å². The van der Waals surface area contributed by atoms with Gasteiger partial charge in [-0.15, -0.1) is 0 Å². The molecule has 9 nitrogen and oxygen atoms in total. The molecule has 2 aromatic carbocycles. The van der Waals surface area contributed by atoms with Crippen molar-refractivity contribution in [2.24, 2.45) is 0 Å². The van der Waals surface area contributed by atoms with Gasteiger partial charge in [0.15, 0.2) is 6.61 Å². The minimum Gasteiger partial charge on any atom is -0.497 e. The summed E-state index contributed by atoms with van der Waals surface area (Å²) in [6.45, 7) is 0.812.